The second-order valence-corrected chi connectivity index (χ2v) is 11.1. The largest absolute Gasteiger partial charge is 0.453 e. The number of aryl methyl sites for hydroxylation is 1. The smallest absolute Gasteiger partial charge is 0.303 e. The first kappa shape index (κ1) is 30.9. The number of nitrogens with zero attached hydrogens (tertiary/aromatic N) is 1. The molecule has 0 saturated carbocycles. The van der Waals surface area contributed by atoms with Gasteiger partial charge >= 0.3 is 12.1 Å². The van der Waals surface area contributed by atoms with E-state index in [1.54, 1.807) is 12.1 Å². The number of amides is 1. The van der Waals surface area contributed by atoms with Crippen LogP contribution in [-0.4, -0.2) is 60.9 Å². The molecule has 0 atom stereocenters. The van der Waals surface area contributed by atoms with Crippen LogP contribution < -0.4 is 5.48 Å². The summed E-state index contributed by atoms with van der Waals surface area (Å²) in [5.41, 5.74) is 3.00. The van der Waals surface area contributed by atoms with Crippen LogP contribution in [0.15, 0.2) is 53.4 Å². The zero-order chi connectivity index (χ0) is 26.8. The number of carbonyl (C=O) groups excluding carboxylic acids is 1. The van der Waals surface area contributed by atoms with Gasteiger partial charge in [-0.25, -0.2) is 13.9 Å². The molecule has 1 heterocycles. The van der Waals surface area contributed by atoms with Crippen molar-refractivity contribution in [3.05, 3.63) is 54.1 Å². The van der Waals surface area contributed by atoms with Crippen molar-refractivity contribution in [1.82, 2.24) is 10.4 Å². The van der Waals surface area contributed by atoms with Crippen LogP contribution in [0.25, 0.3) is 11.1 Å². The van der Waals surface area contributed by atoms with E-state index in [2.05, 4.69) is 0 Å². The number of hydrogen-bond acceptors (Lipinski definition) is 5. The van der Waals surface area contributed by atoms with Gasteiger partial charge in [-0.2, -0.15) is 22.0 Å². The Kier molecular flexibility index (Phi) is 9.72. The minimum atomic E-state index is -5.60. The number of halogens is 6. The summed E-state index contributed by atoms with van der Waals surface area (Å²) in [6, 6.07) is 11.7. The van der Waals surface area contributed by atoms with E-state index in [9.17, 15) is 40.4 Å². The lowest BCUT2D eigenvalue weighted by atomic mass is 9.95. The fourth-order valence-electron chi connectivity index (χ4n) is 4.31. The van der Waals surface area contributed by atoms with Gasteiger partial charge in [0.25, 0.3) is 5.91 Å². The van der Waals surface area contributed by atoms with Crippen molar-refractivity contribution in [2.45, 2.75) is 54.3 Å². The van der Waals surface area contributed by atoms with E-state index in [1.807, 2.05) is 11.8 Å². The number of hydrogen-bond donors (Lipinski definition) is 2. The standard InChI is InChI=1S/C24H27F5N2O4S.ClH/c1-2-31-15-13-22(14-16-31,21(32)30-33)36(34,35)20-9-7-19(8-10-20)18-5-3-17(4-6-18)11-12-23(25,26)24(27,28)29;/h3-10,33H,2,11-16H2,1H3,(H,30,32);1H. The normalized spacial score (nSPS) is 16.6. The maximum absolute atomic E-state index is 13.5. The first-order chi connectivity index (χ1) is 16.8. The SMILES string of the molecule is CCN1CCC(C(=O)NO)(S(=O)(=O)c2ccc(-c3ccc(CCC(F)(F)C(F)(F)F)cc3)cc2)CC1.Cl. The van der Waals surface area contributed by atoms with Crippen molar-refractivity contribution in [2.24, 2.45) is 0 Å². The average molecular weight is 571 g/mol. The maximum atomic E-state index is 13.5. The molecule has 0 aromatic heterocycles. The molecule has 0 bridgehead atoms. The van der Waals surface area contributed by atoms with Crippen LogP contribution in [0.5, 0.6) is 0 Å². The molecule has 1 amide bonds. The summed E-state index contributed by atoms with van der Waals surface area (Å²) in [5, 5.41) is 9.25. The van der Waals surface area contributed by atoms with Crippen LogP contribution >= 0.6 is 12.4 Å². The van der Waals surface area contributed by atoms with Crippen molar-refractivity contribution < 1.29 is 40.4 Å². The summed E-state index contributed by atoms with van der Waals surface area (Å²) >= 11 is 0. The topological polar surface area (TPSA) is 86.7 Å². The Labute approximate surface area is 218 Å². The van der Waals surface area contributed by atoms with Crippen LogP contribution in [0.2, 0.25) is 0 Å². The Morgan fingerprint density at radius 1 is 0.973 bits per heavy atom. The zero-order valence-electron chi connectivity index (χ0n) is 19.9. The molecule has 1 aliphatic rings. The number of carbonyl (C=O) groups is 1. The second kappa shape index (κ2) is 11.6. The molecule has 206 valence electrons. The zero-order valence-corrected chi connectivity index (χ0v) is 21.5. The molecule has 0 radical (unpaired) electrons. The number of hydroxylamine groups is 1. The molecule has 2 N–H and O–H groups in total. The number of alkyl halides is 5. The van der Waals surface area contributed by atoms with Gasteiger partial charge in [-0.05, 0) is 54.6 Å². The van der Waals surface area contributed by atoms with Crippen LogP contribution in [0, 0.1) is 0 Å². The maximum Gasteiger partial charge on any atom is 0.453 e. The molecule has 1 fully saturated rings. The number of nitrogens with one attached hydrogen (secondary N) is 1. The van der Waals surface area contributed by atoms with Crippen LogP contribution in [0.3, 0.4) is 0 Å². The second-order valence-electron chi connectivity index (χ2n) is 8.80. The number of likely N-dealkylation sites (tertiary alicyclic amines) is 1. The van der Waals surface area contributed by atoms with Crippen molar-refractivity contribution in [1.29, 1.82) is 0 Å². The molecular weight excluding hydrogens is 543 g/mol. The Morgan fingerprint density at radius 2 is 1.46 bits per heavy atom. The van der Waals surface area contributed by atoms with E-state index in [0.717, 1.165) is 0 Å². The molecule has 1 aliphatic heterocycles. The third kappa shape index (κ3) is 6.24. The van der Waals surface area contributed by atoms with Crippen LogP contribution in [0.4, 0.5) is 22.0 Å². The first-order valence-electron chi connectivity index (χ1n) is 11.3. The number of benzene rings is 2. The Balaban J connectivity index is 0.00000481. The lowest BCUT2D eigenvalue weighted by Crippen LogP contribution is -2.57. The number of sulfone groups is 1. The molecule has 6 nitrogen and oxygen atoms in total. The molecule has 1 saturated heterocycles. The number of rotatable bonds is 8. The van der Waals surface area contributed by atoms with E-state index in [-0.39, 0.29) is 30.1 Å². The third-order valence-corrected chi connectivity index (χ3v) is 9.25. The van der Waals surface area contributed by atoms with Gasteiger partial charge in [0.15, 0.2) is 14.6 Å². The predicted octanol–water partition coefficient (Wildman–Crippen LogP) is 5.04. The summed E-state index contributed by atoms with van der Waals surface area (Å²) in [6.45, 7) is 3.39. The van der Waals surface area contributed by atoms with Crippen LogP contribution in [0.1, 0.15) is 31.7 Å². The van der Waals surface area contributed by atoms with Gasteiger partial charge < -0.3 is 4.90 Å². The van der Waals surface area contributed by atoms with E-state index < -0.39 is 45.4 Å². The molecule has 3 rings (SSSR count). The van der Waals surface area contributed by atoms with Gasteiger partial charge in [-0.3, -0.25) is 10.0 Å². The molecule has 0 unspecified atom stereocenters. The first-order valence-corrected chi connectivity index (χ1v) is 12.8. The summed E-state index contributed by atoms with van der Waals surface area (Å²) in [6.07, 6.45) is -7.38. The predicted molar refractivity (Wildman–Crippen MR) is 130 cm³/mol. The fraction of sp³-hybridized carbons (Fsp3) is 0.458. The number of piperidine rings is 1. The highest BCUT2D eigenvalue weighted by Crippen LogP contribution is 2.39. The van der Waals surface area contributed by atoms with E-state index >= 15 is 0 Å². The minimum Gasteiger partial charge on any atom is -0.303 e. The summed E-state index contributed by atoms with van der Waals surface area (Å²) in [7, 11) is -4.17. The summed E-state index contributed by atoms with van der Waals surface area (Å²) in [5.74, 6) is -5.75. The van der Waals surface area contributed by atoms with Crippen LogP contribution in [-0.2, 0) is 21.1 Å². The highest BCUT2D eigenvalue weighted by molar-refractivity contribution is 7.93. The summed E-state index contributed by atoms with van der Waals surface area (Å²) < 4.78 is 88.5. The lowest BCUT2D eigenvalue weighted by Gasteiger charge is -2.39. The molecule has 2 aromatic rings. The molecular formula is C24H28ClF5N2O4S. The molecule has 0 spiro atoms. The Hall–Kier alpha value is -2.28. The molecule has 2 aromatic carbocycles. The highest BCUT2D eigenvalue weighted by Gasteiger charge is 2.56. The van der Waals surface area contributed by atoms with E-state index in [1.165, 1.54) is 41.9 Å². The van der Waals surface area contributed by atoms with Gasteiger partial charge in [0.2, 0.25) is 0 Å². The van der Waals surface area contributed by atoms with Crippen molar-refractivity contribution in [3.8, 4) is 11.1 Å². The minimum absolute atomic E-state index is 0. The molecule has 0 aliphatic carbocycles. The van der Waals surface area contributed by atoms with Crippen molar-refractivity contribution in [2.75, 3.05) is 19.6 Å². The fourth-order valence-corrected chi connectivity index (χ4v) is 6.26. The lowest BCUT2D eigenvalue weighted by molar-refractivity contribution is -0.284. The Morgan fingerprint density at radius 3 is 1.89 bits per heavy atom. The van der Waals surface area contributed by atoms with Crippen molar-refractivity contribution >= 4 is 28.2 Å². The highest BCUT2D eigenvalue weighted by atomic mass is 35.5. The van der Waals surface area contributed by atoms with E-state index in [4.69, 9.17) is 0 Å². The molecule has 13 heteroatoms. The van der Waals surface area contributed by atoms with Gasteiger partial charge in [-0.1, -0.05) is 43.3 Å². The van der Waals surface area contributed by atoms with Gasteiger partial charge in [0.05, 0.1) is 4.90 Å². The van der Waals surface area contributed by atoms with Crippen molar-refractivity contribution in [3.63, 3.8) is 0 Å². The average Bonchev–Trinajstić information content (AvgIpc) is 2.86. The van der Waals surface area contributed by atoms with Gasteiger partial charge in [0.1, 0.15) is 0 Å². The van der Waals surface area contributed by atoms with Gasteiger partial charge in [0, 0.05) is 19.5 Å². The van der Waals surface area contributed by atoms with E-state index in [0.29, 0.717) is 36.3 Å². The quantitative estimate of drug-likeness (QED) is 0.264. The monoisotopic (exact) mass is 570 g/mol. The summed E-state index contributed by atoms with van der Waals surface area (Å²) in [4.78, 5) is 14.4. The Bertz CT molecular complexity index is 1170. The van der Waals surface area contributed by atoms with Gasteiger partial charge in [-0.15, -0.1) is 12.4 Å². The molecule has 37 heavy (non-hydrogen) atoms. The third-order valence-electron chi connectivity index (χ3n) is 6.73.